The van der Waals surface area contributed by atoms with Gasteiger partial charge in [0.25, 0.3) is 0 Å². The van der Waals surface area contributed by atoms with Gasteiger partial charge < -0.3 is 9.64 Å². The van der Waals surface area contributed by atoms with Gasteiger partial charge >= 0.3 is 6.18 Å². The van der Waals surface area contributed by atoms with Crippen LogP contribution in [0.4, 0.5) is 18.9 Å². The number of imidazole rings is 1. The normalized spacial score (nSPS) is 16.8. The van der Waals surface area contributed by atoms with Crippen molar-refractivity contribution in [1.82, 2.24) is 9.38 Å². The van der Waals surface area contributed by atoms with Crippen LogP contribution in [0.5, 0.6) is 5.75 Å². The number of ether oxygens (including phenoxy) is 1. The zero-order valence-corrected chi connectivity index (χ0v) is 15.3. The number of benzene rings is 1. The van der Waals surface area contributed by atoms with Crippen LogP contribution in [0.2, 0.25) is 5.02 Å². The van der Waals surface area contributed by atoms with E-state index in [1.807, 2.05) is 0 Å². The summed E-state index contributed by atoms with van der Waals surface area (Å²) in [5.41, 5.74) is -0.180. The minimum absolute atomic E-state index is 0.0514. The molecule has 3 aromatic rings. The van der Waals surface area contributed by atoms with Gasteiger partial charge in [-0.3, -0.25) is 9.39 Å². The van der Waals surface area contributed by atoms with Crippen LogP contribution in [0.3, 0.4) is 0 Å². The zero-order chi connectivity index (χ0) is 19.9. The maximum Gasteiger partial charge on any atom is 0.435 e. The Bertz CT molecular complexity index is 1070. The predicted octanol–water partition coefficient (Wildman–Crippen LogP) is 5.12. The fourth-order valence-electron chi connectivity index (χ4n) is 3.12. The molecule has 4 rings (SSSR count). The van der Waals surface area contributed by atoms with Gasteiger partial charge in [-0.25, -0.2) is 4.98 Å². The van der Waals surface area contributed by atoms with Crippen molar-refractivity contribution in [1.29, 1.82) is 0 Å². The highest BCUT2D eigenvalue weighted by atomic mass is 35.5. The Balaban J connectivity index is 1.93. The Morgan fingerprint density at radius 3 is 2.54 bits per heavy atom. The zero-order valence-electron chi connectivity index (χ0n) is 14.6. The second-order valence-corrected chi connectivity index (χ2v) is 6.50. The molecule has 1 atom stereocenters. The third-order valence-corrected chi connectivity index (χ3v) is 4.63. The molecule has 0 saturated carbocycles. The van der Waals surface area contributed by atoms with Gasteiger partial charge in [0, 0.05) is 29.3 Å². The van der Waals surface area contributed by atoms with Gasteiger partial charge in [-0.2, -0.15) is 13.2 Å². The lowest BCUT2D eigenvalue weighted by Gasteiger charge is -2.30. The molecule has 9 heteroatoms. The number of halogens is 4. The topological polar surface area (TPSA) is 42.1 Å². The van der Waals surface area contributed by atoms with Gasteiger partial charge in [0.1, 0.15) is 17.4 Å². The molecule has 0 radical (unpaired) electrons. The van der Waals surface area contributed by atoms with Crippen LogP contribution in [0.1, 0.15) is 17.4 Å². The van der Waals surface area contributed by atoms with Gasteiger partial charge in [0.2, 0.25) is 0 Å². The highest BCUT2D eigenvalue weighted by molar-refractivity contribution is 6.30. The first-order valence-electron chi connectivity index (χ1n) is 8.25. The van der Waals surface area contributed by atoms with Gasteiger partial charge in [-0.05, 0) is 36.4 Å². The summed E-state index contributed by atoms with van der Waals surface area (Å²) < 4.78 is 48.0. The number of pyridine rings is 1. The summed E-state index contributed by atoms with van der Waals surface area (Å²) in [7, 11) is 1.45. The van der Waals surface area contributed by atoms with Crippen LogP contribution < -0.4 is 9.64 Å². The predicted molar refractivity (Wildman–Crippen MR) is 101 cm³/mol. The fourth-order valence-corrected chi connectivity index (χ4v) is 3.25. The van der Waals surface area contributed by atoms with E-state index in [1.165, 1.54) is 36.2 Å². The van der Waals surface area contributed by atoms with Crippen molar-refractivity contribution < 1.29 is 17.9 Å². The maximum absolute atomic E-state index is 13.8. The number of nitrogens with zero attached hydrogens (tertiary/aromatic N) is 4. The smallest absolute Gasteiger partial charge is 0.435 e. The minimum Gasteiger partial charge on any atom is -0.495 e. The monoisotopic (exact) mass is 406 g/mol. The first-order chi connectivity index (χ1) is 13.4. The molecule has 0 saturated heterocycles. The molecule has 1 aliphatic heterocycles. The number of aromatic nitrogens is 2. The van der Waals surface area contributed by atoms with Crippen molar-refractivity contribution in [3.05, 3.63) is 71.4 Å². The van der Waals surface area contributed by atoms with Crippen molar-refractivity contribution >= 4 is 29.2 Å². The van der Waals surface area contributed by atoms with Crippen molar-refractivity contribution in [2.45, 2.75) is 12.2 Å². The average molecular weight is 407 g/mol. The Morgan fingerprint density at radius 1 is 1.11 bits per heavy atom. The molecule has 0 bridgehead atoms. The number of rotatable bonds is 3. The van der Waals surface area contributed by atoms with E-state index in [4.69, 9.17) is 16.3 Å². The quantitative estimate of drug-likeness (QED) is 0.606. The fraction of sp³-hybridized carbons (Fsp3) is 0.158. The SMILES string of the molecule is COc1ccc2nc(C(F)(F)F)c(C3C=NC=CN3c3ccc(Cl)cc3)n2c1. The molecule has 0 N–H and O–H groups in total. The van der Waals surface area contributed by atoms with E-state index in [9.17, 15) is 13.2 Å². The summed E-state index contributed by atoms with van der Waals surface area (Å²) >= 11 is 5.94. The summed E-state index contributed by atoms with van der Waals surface area (Å²) in [6, 6.07) is 9.04. The van der Waals surface area contributed by atoms with Crippen LogP contribution in [-0.2, 0) is 6.18 Å². The highest BCUT2D eigenvalue weighted by Gasteiger charge is 2.41. The molecule has 0 fully saturated rings. The molecule has 0 spiro atoms. The molecule has 28 heavy (non-hydrogen) atoms. The molecule has 2 aromatic heterocycles. The lowest BCUT2D eigenvalue weighted by atomic mass is 10.1. The molecule has 3 heterocycles. The van der Waals surface area contributed by atoms with Crippen molar-refractivity contribution in [2.24, 2.45) is 4.99 Å². The van der Waals surface area contributed by atoms with Crippen molar-refractivity contribution in [3.8, 4) is 5.75 Å². The Hall–Kier alpha value is -3.00. The summed E-state index contributed by atoms with van der Waals surface area (Å²) in [5, 5.41) is 0.533. The number of hydrogen-bond acceptors (Lipinski definition) is 4. The summed E-state index contributed by atoms with van der Waals surface area (Å²) in [5.74, 6) is 0.418. The molecule has 0 amide bonds. The number of methoxy groups -OCH3 is 1. The standard InChI is InChI=1S/C19H14ClF3N4O/c1-28-14-6-7-16-25-18(19(21,22)23)17(27(16)11-14)15-10-24-8-9-26(15)13-4-2-12(20)3-5-13/h2-11,15H,1H3. The van der Waals surface area contributed by atoms with Gasteiger partial charge in [-0.1, -0.05) is 11.6 Å². The number of alkyl halides is 3. The average Bonchev–Trinajstić information content (AvgIpc) is 3.07. The molecular formula is C19H14ClF3N4O. The van der Waals surface area contributed by atoms with Crippen molar-refractivity contribution in [3.63, 3.8) is 0 Å². The summed E-state index contributed by atoms with van der Waals surface area (Å²) in [4.78, 5) is 9.58. The number of anilines is 1. The third-order valence-electron chi connectivity index (χ3n) is 4.38. The first kappa shape index (κ1) is 18.4. The van der Waals surface area contributed by atoms with Crippen LogP contribution >= 0.6 is 11.6 Å². The molecule has 144 valence electrons. The molecule has 1 aromatic carbocycles. The van der Waals surface area contributed by atoms with Gasteiger partial charge in [0.15, 0.2) is 5.69 Å². The Morgan fingerprint density at radius 2 is 1.86 bits per heavy atom. The summed E-state index contributed by atoms with van der Waals surface area (Å²) in [6.07, 6.45) is 1.44. The largest absolute Gasteiger partial charge is 0.495 e. The lowest BCUT2D eigenvalue weighted by Crippen LogP contribution is -2.29. The third kappa shape index (κ3) is 3.20. The van der Waals surface area contributed by atoms with E-state index in [0.717, 1.165) is 0 Å². The minimum atomic E-state index is -4.63. The van der Waals surface area contributed by atoms with E-state index in [1.54, 1.807) is 41.4 Å². The Labute approximate surface area is 163 Å². The van der Waals surface area contributed by atoms with E-state index in [0.29, 0.717) is 16.5 Å². The van der Waals surface area contributed by atoms with E-state index in [-0.39, 0.29) is 11.3 Å². The second kappa shape index (κ2) is 6.87. The first-order valence-corrected chi connectivity index (χ1v) is 8.63. The van der Waals surface area contributed by atoms with Gasteiger partial charge in [0.05, 0.1) is 19.0 Å². The van der Waals surface area contributed by atoms with Crippen LogP contribution in [0, 0.1) is 0 Å². The molecule has 0 aliphatic carbocycles. The van der Waals surface area contributed by atoms with Gasteiger partial charge in [-0.15, -0.1) is 0 Å². The Kier molecular flexibility index (Phi) is 4.50. The number of aliphatic imine (C=N–C) groups is 1. The van der Waals surface area contributed by atoms with Crippen LogP contribution in [-0.4, -0.2) is 22.7 Å². The molecule has 1 aliphatic rings. The summed E-state index contributed by atoms with van der Waals surface area (Å²) in [6.45, 7) is 0. The van der Waals surface area contributed by atoms with E-state index in [2.05, 4.69) is 9.98 Å². The van der Waals surface area contributed by atoms with Crippen molar-refractivity contribution in [2.75, 3.05) is 12.0 Å². The maximum atomic E-state index is 13.8. The second-order valence-electron chi connectivity index (χ2n) is 6.07. The number of fused-ring (bicyclic) bond motifs is 1. The van der Waals surface area contributed by atoms with E-state index < -0.39 is 17.9 Å². The van der Waals surface area contributed by atoms with Crippen LogP contribution in [0.15, 0.2) is 60.0 Å². The van der Waals surface area contributed by atoms with Crippen LogP contribution in [0.25, 0.3) is 5.65 Å². The lowest BCUT2D eigenvalue weighted by molar-refractivity contribution is -0.141. The number of hydrogen-bond donors (Lipinski definition) is 0. The van der Waals surface area contributed by atoms with E-state index >= 15 is 0 Å². The highest BCUT2D eigenvalue weighted by Crippen LogP contribution is 2.39. The molecule has 5 nitrogen and oxygen atoms in total. The molecular weight excluding hydrogens is 393 g/mol. The molecule has 1 unspecified atom stereocenters.